The van der Waals surface area contributed by atoms with Crippen LogP contribution in [-0.2, 0) is 14.3 Å². The summed E-state index contributed by atoms with van der Waals surface area (Å²) in [5.74, 6) is -1.17. The Morgan fingerprint density at radius 1 is 1.03 bits per heavy atom. The Morgan fingerprint density at radius 2 is 1.60 bits per heavy atom. The number of rotatable bonds is 6. The van der Waals surface area contributed by atoms with Gasteiger partial charge in [0.15, 0.2) is 11.6 Å². The molecule has 0 N–H and O–H groups in total. The lowest BCUT2D eigenvalue weighted by atomic mass is 9.60. The molecule has 3 rings (SSSR count). The molecule has 2 atom stereocenters. The van der Waals surface area contributed by atoms with Crippen molar-refractivity contribution in [2.24, 2.45) is 10.8 Å². The zero-order valence-corrected chi connectivity index (χ0v) is 19.5. The van der Waals surface area contributed by atoms with Crippen molar-refractivity contribution < 1.29 is 19.1 Å². The maximum Gasteiger partial charge on any atom is 0.320 e. The summed E-state index contributed by atoms with van der Waals surface area (Å²) in [5, 5.41) is 0.513. The Balaban J connectivity index is 1.98. The Morgan fingerprint density at radius 3 is 2.13 bits per heavy atom. The summed E-state index contributed by atoms with van der Waals surface area (Å²) in [6, 6.07) is 13.9. The lowest BCUT2D eigenvalue weighted by molar-refractivity contribution is -0.191. The van der Waals surface area contributed by atoms with Crippen LogP contribution in [0.5, 0.6) is 0 Å². The lowest BCUT2D eigenvalue weighted by Gasteiger charge is -2.47. The molecule has 4 nitrogen and oxygen atoms in total. The Bertz CT molecular complexity index is 964. The third kappa shape index (κ3) is 3.85. The van der Waals surface area contributed by atoms with Crippen LogP contribution in [0.15, 0.2) is 53.0 Å². The van der Waals surface area contributed by atoms with E-state index in [2.05, 4.69) is 15.9 Å². The fraction of sp³-hybridized carbons (Fsp3) is 0.375. The van der Waals surface area contributed by atoms with Gasteiger partial charge in [0, 0.05) is 21.5 Å². The van der Waals surface area contributed by atoms with Gasteiger partial charge in [0.25, 0.3) is 0 Å². The first-order valence-electron chi connectivity index (χ1n) is 9.98. The van der Waals surface area contributed by atoms with E-state index in [1.54, 1.807) is 24.3 Å². The van der Waals surface area contributed by atoms with E-state index in [4.69, 9.17) is 16.3 Å². The van der Waals surface area contributed by atoms with E-state index in [0.29, 0.717) is 23.4 Å². The molecule has 30 heavy (non-hydrogen) atoms. The second-order valence-corrected chi connectivity index (χ2v) is 9.32. The molecule has 0 aliphatic carbocycles. The molecule has 2 unspecified atom stereocenters. The summed E-state index contributed by atoms with van der Waals surface area (Å²) >= 11 is 9.31. The average Bonchev–Trinajstić information content (AvgIpc) is 2.74. The van der Waals surface area contributed by atoms with Gasteiger partial charge in [0.05, 0.1) is 5.41 Å². The van der Waals surface area contributed by atoms with Crippen LogP contribution in [0.25, 0.3) is 0 Å². The van der Waals surface area contributed by atoms with Crippen molar-refractivity contribution in [2.45, 2.75) is 46.1 Å². The van der Waals surface area contributed by atoms with Crippen LogP contribution in [-0.4, -0.2) is 17.5 Å². The van der Waals surface area contributed by atoms with Gasteiger partial charge in [-0.1, -0.05) is 53.5 Å². The number of ketones is 2. The van der Waals surface area contributed by atoms with Crippen molar-refractivity contribution in [1.29, 1.82) is 0 Å². The predicted molar refractivity (Wildman–Crippen MR) is 120 cm³/mol. The first-order valence-corrected chi connectivity index (χ1v) is 11.1. The van der Waals surface area contributed by atoms with Gasteiger partial charge in [-0.05, 0) is 61.7 Å². The molecule has 1 heterocycles. The number of hydrogen-bond donors (Lipinski definition) is 0. The zero-order chi connectivity index (χ0) is 22.1. The maximum absolute atomic E-state index is 13.8. The van der Waals surface area contributed by atoms with Gasteiger partial charge < -0.3 is 4.74 Å². The number of hydrogen-bond acceptors (Lipinski definition) is 4. The van der Waals surface area contributed by atoms with E-state index < -0.39 is 22.9 Å². The molecule has 0 bridgehead atoms. The van der Waals surface area contributed by atoms with Gasteiger partial charge in [0.1, 0.15) is 11.5 Å². The summed E-state index contributed by atoms with van der Waals surface area (Å²) < 4.78 is 6.80. The van der Waals surface area contributed by atoms with Crippen molar-refractivity contribution in [1.82, 2.24) is 0 Å². The van der Waals surface area contributed by atoms with Gasteiger partial charge in [-0.3, -0.25) is 14.4 Å². The molecular formula is C24H24BrClO4. The van der Waals surface area contributed by atoms with E-state index in [1.807, 2.05) is 38.1 Å². The summed E-state index contributed by atoms with van der Waals surface area (Å²) in [7, 11) is 0. The number of cyclic esters (lactones) is 1. The van der Waals surface area contributed by atoms with Crippen molar-refractivity contribution in [3.63, 3.8) is 0 Å². The van der Waals surface area contributed by atoms with Crippen LogP contribution >= 0.6 is 27.5 Å². The third-order valence-corrected chi connectivity index (χ3v) is 7.03. The number of esters is 1. The maximum atomic E-state index is 13.8. The first kappa shape index (κ1) is 22.7. The number of benzene rings is 2. The van der Waals surface area contributed by atoms with Crippen molar-refractivity contribution in [2.75, 3.05) is 0 Å². The Labute approximate surface area is 190 Å². The molecule has 2 aromatic rings. The van der Waals surface area contributed by atoms with Crippen LogP contribution in [0.1, 0.15) is 62.1 Å². The Hall–Kier alpha value is -1.98. The number of Topliss-reactive ketones (excluding diaryl/α,β-unsaturated/α-hetero) is 2. The van der Waals surface area contributed by atoms with Gasteiger partial charge in [0.2, 0.25) is 0 Å². The normalized spacial score (nSPS) is 23.2. The highest BCUT2D eigenvalue weighted by atomic mass is 79.9. The fourth-order valence-electron chi connectivity index (χ4n) is 4.29. The van der Waals surface area contributed by atoms with E-state index in [0.717, 1.165) is 10.0 Å². The molecule has 1 aliphatic heterocycles. The molecule has 0 amide bonds. The highest BCUT2D eigenvalue weighted by molar-refractivity contribution is 9.10. The van der Waals surface area contributed by atoms with Gasteiger partial charge >= 0.3 is 5.97 Å². The molecule has 1 aliphatic rings. The molecule has 0 spiro atoms. The number of carbonyl (C=O) groups excluding carboxylic acids is 3. The van der Waals surface area contributed by atoms with Crippen LogP contribution in [0.2, 0.25) is 5.02 Å². The first-order chi connectivity index (χ1) is 14.2. The number of carbonyl (C=O) groups is 3. The second-order valence-electron chi connectivity index (χ2n) is 7.97. The topological polar surface area (TPSA) is 60.4 Å². The van der Waals surface area contributed by atoms with Crippen LogP contribution in [0.4, 0.5) is 0 Å². The van der Waals surface area contributed by atoms with Crippen LogP contribution in [0, 0.1) is 10.8 Å². The molecule has 0 radical (unpaired) electrons. The molecule has 0 aromatic heterocycles. The van der Waals surface area contributed by atoms with Crippen molar-refractivity contribution in [3.05, 3.63) is 69.2 Å². The number of ether oxygens (including phenoxy) is 1. The van der Waals surface area contributed by atoms with E-state index >= 15 is 0 Å². The number of halogens is 2. The summed E-state index contributed by atoms with van der Waals surface area (Å²) in [6.07, 6.45) is 0.0859. The highest BCUT2D eigenvalue weighted by Crippen LogP contribution is 2.53. The summed E-state index contributed by atoms with van der Waals surface area (Å²) in [4.78, 5) is 39.8. The zero-order valence-electron chi connectivity index (χ0n) is 17.2. The van der Waals surface area contributed by atoms with E-state index in [1.165, 1.54) is 6.92 Å². The minimum absolute atomic E-state index is 0.230. The summed E-state index contributed by atoms with van der Waals surface area (Å²) in [6.45, 7) is 5.38. The summed E-state index contributed by atoms with van der Waals surface area (Å²) in [5.41, 5.74) is -1.24. The highest BCUT2D eigenvalue weighted by Gasteiger charge is 2.61. The fourth-order valence-corrected chi connectivity index (χ4v) is 4.68. The molecule has 158 valence electrons. The minimum Gasteiger partial charge on any atom is -0.456 e. The lowest BCUT2D eigenvalue weighted by Crippen LogP contribution is -2.56. The molecule has 6 heteroatoms. The van der Waals surface area contributed by atoms with Gasteiger partial charge in [-0.2, -0.15) is 0 Å². The molecule has 2 aromatic carbocycles. The standard InChI is InChI=1S/C24H24BrClO4/c1-4-24(5-2)20(16-6-10-17(25)11-7-16)30-22(29)23(3,21(24)28)14-19(27)15-8-12-18(26)13-9-15/h6-13,20H,4-5,14H2,1-3H3. The monoisotopic (exact) mass is 490 g/mol. The molecular weight excluding hydrogens is 468 g/mol. The molecule has 1 saturated heterocycles. The van der Waals surface area contributed by atoms with Gasteiger partial charge in [-0.25, -0.2) is 0 Å². The quantitative estimate of drug-likeness (QED) is 0.268. The van der Waals surface area contributed by atoms with Gasteiger partial charge in [-0.15, -0.1) is 0 Å². The third-order valence-electron chi connectivity index (χ3n) is 6.25. The van der Waals surface area contributed by atoms with Crippen LogP contribution < -0.4 is 0 Å². The van der Waals surface area contributed by atoms with E-state index in [9.17, 15) is 14.4 Å². The SMILES string of the molecule is CCC1(CC)C(=O)C(C)(CC(=O)c2ccc(Cl)cc2)C(=O)OC1c1ccc(Br)cc1. The van der Waals surface area contributed by atoms with E-state index in [-0.39, 0.29) is 18.0 Å². The van der Waals surface area contributed by atoms with Crippen molar-refractivity contribution in [3.8, 4) is 0 Å². The minimum atomic E-state index is -1.53. The largest absolute Gasteiger partial charge is 0.456 e. The average molecular weight is 492 g/mol. The molecule has 0 saturated carbocycles. The smallest absolute Gasteiger partial charge is 0.320 e. The Kier molecular flexibility index (Phi) is 6.54. The van der Waals surface area contributed by atoms with Crippen molar-refractivity contribution >= 4 is 45.1 Å². The predicted octanol–water partition coefficient (Wildman–Crippen LogP) is 6.36. The second kappa shape index (κ2) is 8.64. The van der Waals surface area contributed by atoms with Crippen LogP contribution in [0.3, 0.4) is 0 Å². The molecule has 1 fully saturated rings.